The second-order valence-corrected chi connectivity index (χ2v) is 3.81. The lowest BCUT2D eigenvalue weighted by atomic mass is 10.1. The van der Waals surface area contributed by atoms with Gasteiger partial charge in [0.15, 0.2) is 0 Å². The summed E-state index contributed by atoms with van der Waals surface area (Å²) in [4.78, 5) is 10.9. The van der Waals surface area contributed by atoms with Crippen molar-refractivity contribution in [1.82, 2.24) is 9.78 Å². The maximum Gasteiger partial charge on any atom is 0.251 e. The van der Waals surface area contributed by atoms with Gasteiger partial charge < -0.3 is 10.8 Å². The second kappa shape index (κ2) is 4.39. The van der Waals surface area contributed by atoms with E-state index in [4.69, 9.17) is 10.8 Å². The summed E-state index contributed by atoms with van der Waals surface area (Å²) in [7, 11) is 0. The highest BCUT2D eigenvalue weighted by Gasteiger charge is 2.06. The van der Waals surface area contributed by atoms with E-state index < -0.39 is 5.91 Å². The maximum atomic E-state index is 10.9. The number of nitrogens with zero attached hydrogens (tertiary/aromatic N) is 2. The molecule has 0 atom stereocenters. The molecular formula is C12H13N3O2. The van der Waals surface area contributed by atoms with E-state index in [2.05, 4.69) is 5.10 Å². The van der Waals surface area contributed by atoms with Gasteiger partial charge in [-0.2, -0.15) is 5.10 Å². The van der Waals surface area contributed by atoms with Gasteiger partial charge >= 0.3 is 0 Å². The van der Waals surface area contributed by atoms with E-state index in [1.54, 1.807) is 10.9 Å². The van der Waals surface area contributed by atoms with E-state index in [1.807, 2.05) is 25.1 Å². The van der Waals surface area contributed by atoms with Crippen molar-refractivity contribution in [2.24, 2.45) is 5.73 Å². The lowest BCUT2D eigenvalue weighted by Gasteiger charge is -2.06. The molecule has 0 aliphatic carbocycles. The summed E-state index contributed by atoms with van der Waals surface area (Å²) in [6, 6.07) is 5.55. The highest BCUT2D eigenvalue weighted by atomic mass is 16.3. The van der Waals surface area contributed by atoms with Gasteiger partial charge in [-0.05, 0) is 30.2 Å². The average molecular weight is 231 g/mol. The van der Waals surface area contributed by atoms with Crippen LogP contribution in [0.2, 0.25) is 0 Å². The highest BCUT2D eigenvalue weighted by Crippen LogP contribution is 2.14. The topological polar surface area (TPSA) is 81.1 Å². The number of aromatic nitrogens is 2. The zero-order chi connectivity index (χ0) is 12.4. The predicted octanol–water partition coefficient (Wildman–Crippen LogP) is 0.772. The Morgan fingerprint density at radius 1 is 1.53 bits per heavy atom. The maximum absolute atomic E-state index is 10.9. The van der Waals surface area contributed by atoms with Crippen LogP contribution >= 0.6 is 0 Å². The van der Waals surface area contributed by atoms with Gasteiger partial charge in [-0.25, -0.2) is 4.68 Å². The molecule has 0 bridgehead atoms. The molecule has 0 saturated carbocycles. The van der Waals surface area contributed by atoms with Crippen LogP contribution in [-0.2, 0) is 6.61 Å². The smallest absolute Gasteiger partial charge is 0.251 e. The van der Waals surface area contributed by atoms with Gasteiger partial charge in [-0.3, -0.25) is 4.79 Å². The van der Waals surface area contributed by atoms with Crippen LogP contribution in [0.5, 0.6) is 0 Å². The van der Waals surface area contributed by atoms with E-state index in [9.17, 15) is 4.79 Å². The molecule has 0 aliphatic heterocycles. The van der Waals surface area contributed by atoms with Crippen molar-refractivity contribution >= 4 is 5.91 Å². The standard InChI is InChI=1S/C12H13N3O2/c1-8-4-11(3-2-9(8)7-16)15-6-10(5-14-15)12(13)17/h2-6,16H,7H2,1H3,(H2,13,17). The van der Waals surface area contributed by atoms with E-state index in [-0.39, 0.29) is 6.61 Å². The third-order valence-electron chi connectivity index (χ3n) is 2.63. The fourth-order valence-corrected chi connectivity index (χ4v) is 1.59. The molecule has 2 aromatic rings. The third-order valence-corrected chi connectivity index (χ3v) is 2.63. The van der Waals surface area contributed by atoms with Crippen molar-refractivity contribution in [1.29, 1.82) is 0 Å². The summed E-state index contributed by atoms with van der Waals surface area (Å²) in [5.74, 6) is -0.500. The van der Waals surface area contributed by atoms with Crippen LogP contribution < -0.4 is 5.73 Å². The number of aliphatic hydroxyl groups is 1. The van der Waals surface area contributed by atoms with Crippen molar-refractivity contribution in [2.75, 3.05) is 0 Å². The van der Waals surface area contributed by atoms with Crippen molar-refractivity contribution in [2.45, 2.75) is 13.5 Å². The fourth-order valence-electron chi connectivity index (χ4n) is 1.59. The molecule has 5 nitrogen and oxygen atoms in total. The number of rotatable bonds is 3. The molecule has 0 radical (unpaired) electrons. The molecule has 5 heteroatoms. The van der Waals surface area contributed by atoms with Crippen LogP contribution in [0.1, 0.15) is 21.5 Å². The minimum absolute atomic E-state index is 0.0117. The molecule has 0 fully saturated rings. The van der Waals surface area contributed by atoms with Gasteiger partial charge in [-0.1, -0.05) is 6.07 Å². The number of nitrogens with two attached hydrogens (primary N) is 1. The Balaban J connectivity index is 2.39. The quantitative estimate of drug-likeness (QED) is 0.818. The molecule has 3 N–H and O–H groups in total. The van der Waals surface area contributed by atoms with E-state index in [1.165, 1.54) is 6.20 Å². The molecule has 1 amide bonds. The number of hydrogen-bond donors (Lipinski definition) is 2. The Hall–Kier alpha value is -2.14. The average Bonchev–Trinajstić information content (AvgIpc) is 2.78. The first-order chi connectivity index (χ1) is 8.11. The summed E-state index contributed by atoms with van der Waals surface area (Å²) < 4.78 is 1.58. The highest BCUT2D eigenvalue weighted by molar-refractivity contribution is 5.92. The first-order valence-corrected chi connectivity index (χ1v) is 5.17. The zero-order valence-corrected chi connectivity index (χ0v) is 9.42. The fraction of sp³-hybridized carbons (Fsp3) is 0.167. The van der Waals surface area contributed by atoms with Gasteiger partial charge in [0.2, 0.25) is 0 Å². The van der Waals surface area contributed by atoms with Gasteiger partial charge in [-0.15, -0.1) is 0 Å². The number of carbonyl (C=O) groups is 1. The molecule has 0 unspecified atom stereocenters. The molecule has 0 aliphatic rings. The van der Waals surface area contributed by atoms with Crippen LogP contribution in [0.4, 0.5) is 0 Å². The van der Waals surface area contributed by atoms with Crippen molar-refractivity contribution in [3.63, 3.8) is 0 Å². The van der Waals surface area contributed by atoms with Crippen LogP contribution in [0, 0.1) is 6.92 Å². The lowest BCUT2D eigenvalue weighted by molar-refractivity contribution is 0.100. The Morgan fingerprint density at radius 2 is 2.29 bits per heavy atom. The molecule has 17 heavy (non-hydrogen) atoms. The minimum atomic E-state index is -0.500. The number of hydrogen-bond acceptors (Lipinski definition) is 3. The summed E-state index contributed by atoms with van der Waals surface area (Å²) in [6.45, 7) is 1.92. The van der Waals surface area contributed by atoms with E-state index >= 15 is 0 Å². The lowest BCUT2D eigenvalue weighted by Crippen LogP contribution is -2.09. The molecule has 1 aromatic heterocycles. The first-order valence-electron chi connectivity index (χ1n) is 5.17. The summed E-state index contributed by atoms with van der Waals surface area (Å²) in [5.41, 5.74) is 8.20. The molecule has 0 spiro atoms. The molecule has 0 saturated heterocycles. The Morgan fingerprint density at radius 3 is 2.82 bits per heavy atom. The molecular weight excluding hydrogens is 218 g/mol. The Kier molecular flexibility index (Phi) is 2.93. The molecule has 1 aromatic carbocycles. The van der Waals surface area contributed by atoms with Crippen molar-refractivity contribution in [3.05, 3.63) is 47.3 Å². The molecule has 1 heterocycles. The van der Waals surface area contributed by atoms with Gasteiger partial charge in [0.25, 0.3) is 5.91 Å². The zero-order valence-electron chi connectivity index (χ0n) is 9.42. The number of aliphatic hydroxyl groups excluding tert-OH is 1. The largest absolute Gasteiger partial charge is 0.392 e. The van der Waals surface area contributed by atoms with Crippen molar-refractivity contribution < 1.29 is 9.90 Å². The SMILES string of the molecule is Cc1cc(-n2cc(C(N)=O)cn2)ccc1CO. The molecule has 88 valence electrons. The van der Waals surface area contributed by atoms with Crippen molar-refractivity contribution in [3.8, 4) is 5.69 Å². The first kappa shape index (κ1) is 11.3. The number of amides is 1. The summed E-state index contributed by atoms with van der Waals surface area (Å²) in [5, 5.41) is 13.1. The second-order valence-electron chi connectivity index (χ2n) is 3.81. The number of aryl methyl sites for hydroxylation is 1. The Bertz CT molecular complexity index is 561. The van der Waals surface area contributed by atoms with Gasteiger partial charge in [0.1, 0.15) is 0 Å². The van der Waals surface area contributed by atoms with Gasteiger partial charge in [0, 0.05) is 6.20 Å². The normalized spacial score (nSPS) is 10.5. The van der Waals surface area contributed by atoms with Crippen LogP contribution in [-0.4, -0.2) is 20.8 Å². The monoisotopic (exact) mass is 231 g/mol. The predicted molar refractivity (Wildman–Crippen MR) is 62.7 cm³/mol. The summed E-state index contributed by atoms with van der Waals surface area (Å²) in [6.07, 6.45) is 3.01. The molecule has 2 rings (SSSR count). The Labute approximate surface area is 98.5 Å². The van der Waals surface area contributed by atoms with E-state index in [0.717, 1.165) is 16.8 Å². The number of primary amides is 1. The number of benzene rings is 1. The van der Waals surface area contributed by atoms with E-state index in [0.29, 0.717) is 5.56 Å². The van der Waals surface area contributed by atoms with Crippen LogP contribution in [0.3, 0.4) is 0 Å². The van der Waals surface area contributed by atoms with Crippen LogP contribution in [0.25, 0.3) is 5.69 Å². The summed E-state index contributed by atoms with van der Waals surface area (Å²) >= 11 is 0. The number of carbonyl (C=O) groups excluding carboxylic acids is 1. The van der Waals surface area contributed by atoms with Gasteiger partial charge in [0.05, 0.1) is 24.1 Å². The third kappa shape index (κ3) is 2.19. The minimum Gasteiger partial charge on any atom is -0.392 e. The van der Waals surface area contributed by atoms with Crippen LogP contribution in [0.15, 0.2) is 30.6 Å².